The molecular weight excluding hydrogens is 349 g/mol. The number of carbonyl (C=O) groups excluding carboxylic acids is 2. The molecular formula is C17H25Cl2N3O2. The van der Waals surface area contributed by atoms with E-state index in [0.29, 0.717) is 29.4 Å². The monoisotopic (exact) mass is 373 g/mol. The van der Waals surface area contributed by atoms with E-state index in [0.717, 1.165) is 25.7 Å². The summed E-state index contributed by atoms with van der Waals surface area (Å²) >= 11 is 6.00. The second-order valence-electron chi connectivity index (χ2n) is 6.36. The molecule has 0 radical (unpaired) electrons. The molecule has 0 heterocycles. The first-order valence-electron chi connectivity index (χ1n) is 8.01. The Balaban J connectivity index is 0.00000288. The zero-order valence-corrected chi connectivity index (χ0v) is 15.4. The molecule has 2 amide bonds. The molecule has 0 aromatic heterocycles. The van der Waals surface area contributed by atoms with Crippen LogP contribution in [0.1, 0.15) is 45.4 Å². The molecule has 1 fully saturated rings. The van der Waals surface area contributed by atoms with Gasteiger partial charge in [-0.05, 0) is 43.0 Å². The summed E-state index contributed by atoms with van der Waals surface area (Å²) in [7, 11) is 0. The largest absolute Gasteiger partial charge is 0.330 e. The molecule has 1 aromatic rings. The van der Waals surface area contributed by atoms with Crippen molar-refractivity contribution in [2.24, 2.45) is 11.1 Å². The molecule has 1 aromatic carbocycles. The van der Waals surface area contributed by atoms with E-state index in [2.05, 4.69) is 10.6 Å². The number of nitrogens with two attached hydrogens (primary N) is 1. The van der Waals surface area contributed by atoms with Gasteiger partial charge < -0.3 is 16.4 Å². The average molecular weight is 374 g/mol. The van der Waals surface area contributed by atoms with Gasteiger partial charge in [0.15, 0.2) is 0 Å². The van der Waals surface area contributed by atoms with Crippen LogP contribution in [0.25, 0.3) is 0 Å². The fourth-order valence-corrected chi connectivity index (χ4v) is 3.38. The van der Waals surface area contributed by atoms with Gasteiger partial charge >= 0.3 is 0 Å². The highest BCUT2D eigenvalue weighted by molar-refractivity contribution is 6.31. The van der Waals surface area contributed by atoms with Crippen molar-refractivity contribution in [1.82, 2.24) is 0 Å². The van der Waals surface area contributed by atoms with Crippen molar-refractivity contribution < 1.29 is 9.59 Å². The second kappa shape index (κ2) is 9.25. The molecule has 0 aliphatic heterocycles. The van der Waals surface area contributed by atoms with Crippen LogP contribution in [-0.4, -0.2) is 18.4 Å². The molecule has 0 unspecified atom stereocenters. The Bertz CT molecular complexity index is 587. The quantitative estimate of drug-likeness (QED) is 0.729. The van der Waals surface area contributed by atoms with Gasteiger partial charge in [-0.3, -0.25) is 9.59 Å². The van der Waals surface area contributed by atoms with Gasteiger partial charge in [0.1, 0.15) is 0 Å². The van der Waals surface area contributed by atoms with Crippen LogP contribution in [0.15, 0.2) is 18.2 Å². The Morgan fingerprint density at radius 3 is 2.42 bits per heavy atom. The summed E-state index contributed by atoms with van der Waals surface area (Å²) in [5.41, 5.74) is 6.90. The number of hydrogen-bond acceptors (Lipinski definition) is 3. The topological polar surface area (TPSA) is 84.2 Å². The number of hydrogen-bond donors (Lipinski definition) is 3. The summed E-state index contributed by atoms with van der Waals surface area (Å²) in [6.45, 7) is 1.94. The summed E-state index contributed by atoms with van der Waals surface area (Å²) in [6.07, 6.45) is 5.84. The summed E-state index contributed by atoms with van der Waals surface area (Å²) in [5, 5.41) is 6.07. The molecule has 4 N–H and O–H groups in total. The Labute approximate surface area is 154 Å². The van der Waals surface area contributed by atoms with Crippen LogP contribution in [0.4, 0.5) is 11.4 Å². The molecule has 134 valence electrons. The van der Waals surface area contributed by atoms with Crippen LogP contribution in [0, 0.1) is 5.41 Å². The van der Waals surface area contributed by atoms with Gasteiger partial charge in [0.25, 0.3) is 0 Å². The zero-order valence-electron chi connectivity index (χ0n) is 13.9. The van der Waals surface area contributed by atoms with Crippen molar-refractivity contribution in [2.45, 2.75) is 45.4 Å². The Morgan fingerprint density at radius 2 is 1.83 bits per heavy atom. The molecule has 0 spiro atoms. The number of nitrogens with one attached hydrogen (secondary N) is 2. The van der Waals surface area contributed by atoms with Crippen LogP contribution in [-0.2, 0) is 9.59 Å². The molecule has 0 bridgehead atoms. The molecule has 0 saturated heterocycles. The Hall–Kier alpha value is -1.30. The van der Waals surface area contributed by atoms with Gasteiger partial charge in [-0.25, -0.2) is 0 Å². The standard InChI is InChI=1S/C17H24ClN3O2.ClH/c1-12(22)20-14-6-5-13(18)9-15(14)21-16(23)10-17(11-19)7-3-2-4-8-17;/h5-6,9H,2-4,7-8,10-11,19H2,1H3,(H,20,22)(H,21,23);1H. The number of amides is 2. The smallest absolute Gasteiger partial charge is 0.225 e. The predicted octanol–water partition coefficient (Wildman–Crippen LogP) is 3.96. The third-order valence-corrected chi connectivity index (χ3v) is 4.68. The molecule has 7 heteroatoms. The summed E-state index contributed by atoms with van der Waals surface area (Å²) < 4.78 is 0. The predicted molar refractivity (Wildman–Crippen MR) is 101 cm³/mol. The number of carbonyl (C=O) groups is 2. The van der Waals surface area contributed by atoms with Crippen molar-refractivity contribution in [3.63, 3.8) is 0 Å². The van der Waals surface area contributed by atoms with Gasteiger partial charge in [0, 0.05) is 18.4 Å². The SMILES string of the molecule is CC(=O)Nc1ccc(Cl)cc1NC(=O)CC1(CN)CCCCC1.Cl. The summed E-state index contributed by atoms with van der Waals surface area (Å²) in [5.74, 6) is -0.292. The number of benzene rings is 1. The van der Waals surface area contributed by atoms with E-state index in [1.807, 2.05) is 0 Å². The maximum Gasteiger partial charge on any atom is 0.225 e. The highest BCUT2D eigenvalue weighted by Gasteiger charge is 2.33. The third kappa shape index (κ3) is 5.65. The maximum atomic E-state index is 12.5. The van der Waals surface area contributed by atoms with E-state index < -0.39 is 0 Å². The molecule has 1 saturated carbocycles. The van der Waals surface area contributed by atoms with Gasteiger partial charge in [-0.2, -0.15) is 0 Å². The molecule has 1 aliphatic rings. The van der Waals surface area contributed by atoms with Gasteiger partial charge in [0.05, 0.1) is 11.4 Å². The van der Waals surface area contributed by atoms with Crippen LogP contribution in [0.3, 0.4) is 0 Å². The molecule has 1 aliphatic carbocycles. The summed E-state index contributed by atoms with van der Waals surface area (Å²) in [6, 6.07) is 4.99. The lowest BCUT2D eigenvalue weighted by atomic mass is 9.71. The summed E-state index contributed by atoms with van der Waals surface area (Å²) in [4.78, 5) is 23.7. The minimum atomic E-state index is -0.200. The number of anilines is 2. The fraction of sp³-hybridized carbons (Fsp3) is 0.529. The van der Waals surface area contributed by atoms with Gasteiger partial charge in [0.2, 0.25) is 11.8 Å². The van der Waals surface area contributed by atoms with E-state index in [1.54, 1.807) is 18.2 Å². The van der Waals surface area contributed by atoms with Crippen molar-refractivity contribution in [2.75, 3.05) is 17.2 Å². The molecule has 0 atom stereocenters. The first kappa shape index (κ1) is 20.7. The van der Waals surface area contributed by atoms with Gasteiger partial charge in [-0.1, -0.05) is 30.9 Å². The van der Waals surface area contributed by atoms with Crippen molar-refractivity contribution in [3.05, 3.63) is 23.2 Å². The highest BCUT2D eigenvalue weighted by Crippen LogP contribution is 2.38. The number of rotatable bonds is 5. The zero-order chi connectivity index (χ0) is 16.9. The van der Waals surface area contributed by atoms with Crippen molar-refractivity contribution in [1.29, 1.82) is 0 Å². The minimum Gasteiger partial charge on any atom is -0.330 e. The normalized spacial score (nSPS) is 16.0. The minimum absolute atomic E-state index is 0. The fourth-order valence-electron chi connectivity index (χ4n) is 3.21. The van der Waals surface area contributed by atoms with Gasteiger partial charge in [-0.15, -0.1) is 12.4 Å². The van der Waals surface area contributed by atoms with E-state index in [9.17, 15) is 9.59 Å². The average Bonchev–Trinajstić information content (AvgIpc) is 2.50. The van der Waals surface area contributed by atoms with E-state index >= 15 is 0 Å². The van der Waals surface area contributed by atoms with Crippen LogP contribution < -0.4 is 16.4 Å². The lowest BCUT2D eigenvalue weighted by Crippen LogP contribution is -2.36. The first-order valence-corrected chi connectivity index (χ1v) is 8.39. The van der Waals surface area contributed by atoms with E-state index in [-0.39, 0.29) is 29.6 Å². The second-order valence-corrected chi connectivity index (χ2v) is 6.80. The third-order valence-electron chi connectivity index (χ3n) is 4.45. The maximum absolute atomic E-state index is 12.5. The molecule has 2 rings (SSSR count). The first-order chi connectivity index (χ1) is 10.9. The highest BCUT2D eigenvalue weighted by atomic mass is 35.5. The molecule has 24 heavy (non-hydrogen) atoms. The van der Waals surface area contributed by atoms with E-state index in [1.165, 1.54) is 13.3 Å². The van der Waals surface area contributed by atoms with Crippen LogP contribution in [0.2, 0.25) is 5.02 Å². The van der Waals surface area contributed by atoms with Crippen LogP contribution in [0.5, 0.6) is 0 Å². The van der Waals surface area contributed by atoms with Crippen molar-refractivity contribution >= 4 is 47.2 Å². The molecule has 5 nitrogen and oxygen atoms in total. The number of halogens is 2. The van der Waals surface area contributed by atoms with Crippen molar-refractivity contribution in [3.8, 4) is 0 Å². The lowest BCUT2D eigenvalue weighted by molar-refractivity contribution is -0.119. The lowest BCUT2D eigenvalue weighted by Gasteiger charge is -2.35. The Morgan fingerprint density at radius 1 is 1.17 bits per heavy atom. The van der Waals surface area contributed by atoms with Crippen LogP contribution >= 0.6 is 24.0 Å². The Kier molecular flexibility index (Phi) is 8.00. The van der Waals surface area contributed by atoms with E-state index in [4.69, 9.17) is 17.3 Å².